The molecular weight excluding hydrogens is 518 g/mol. The number of nitrogens with zero attached hydrogens (tertiary/aromatic N) is 5. The number of aromatic nitrogens is 2. The lowest BCUT2D eigenvalue weighted by molar-refractivity contribution is 0.0991. The minimum Gasteiger partial charge on any atom is -0.368 e. The van der Waals surface area contributed by atoms with E-state index in [-0.39, 0.29) is 5.91 Å². The number of fused-ring (bicyclic) bond motifs is 4. The van der Waals surface area contributed by atoms with Crippen LogP contribution in [0.1, 0.15) is 40.0 Å². The number of carbonyl (C=O) groups is 1. The second kappa shape index (κ2) is 9.92. The molecule has 5 aromatic rings. The Bertz CT molecular complexity index is 1880. The van der Waals surface area contributed by atoms with E-state index in [1.165, 1.54) is 30.6 Å². The number of pyridine rings is 2. The molecule has 2 saturated heterocycles. The molecule has 8 rings (SSSR count). The van der Waals surface area contributed by atoms with Crippen LogP contribution in [0.25, 0.3) is 32.8 Å². The number of rotatable bonds is 3. The van der Waals surface area contributed by atoms with Crippen LogP contribution in [-0.4, -0.2) is 59.5 Å². The zero-order chi connectivity index (χ0) is 28.4. The van der Waals surface area contributed by atoms with E-state index in [0.29, 0.717) is 12.6 Å². The summed E-state index contributed by atoms with van der Waals surface area (Å²) in [6, 6.07) is 21.8. The summed E-state index contributed by atoms with van der Waals surface area (Å²) in [5.41, 5.74) is 9.64. The summed E-state index contributed by atoms with van der Waals surface area (Å²) in [7, 11) is 0. The molecule has 3 aliphatic rings. The van der Waals surface area contributed by atoms with Gasteiger partial charge in [-0.2, -0.15) is 0 Å². The predicted octanol–water partition coefficient (Wildman–Crippen LogP) is 6.55. The first-order chi connectivity index (χ1) is 20.5. The highest BCUT2D eigenvalue weighted by atomic mass is 16.2. The van der Waals surface area contributed by atoms with Crippen molar-refractivity contribution in [2.45, 2.75) is 39.2 Å². The van der Waals surface area contributed by atoms with Gasteiger partial charge in [0.2, 0.25) is 0 Å². The summed E-state index contributed by atoms with van der Waals surface area (Å²) < 4.78 is 0. The molecule has 5 heterocycles. The van der Waals surface area contributed by atoms with Crippen molar-refractivity contribution >= 4 is 39.0 Å². The van der Waals surface area contributed by atoms with Gasteiger partial charge in [0.1, 0.15) is 0 Å². The van der Waals surface area contributed by atoms with Gasteiger partial charge in [-0.15, -0.1) is 0 Å². The number of piperazine rings is 1. The maximum atomic E-state index is 14.3. The molecule has 3 aliphatic heterocycles. The average molecular weight is 554 g/mol. The van der Waals surface area contributed by atoms with E-state index in [1.54, 1.807) is 0 Å². The smallest absolute Gasteiger partial charge is 0.258 e. The van der Waals surface area contributed by atoms with Gasteiger partial charge in [0.15, 0.2) is 0 Å². The Morgan fingerprint density at radius 3 is 2.64 bits per heavy atom. The van der Waals surface area contributed by atoms with E-state index in [2.05, 4.69) is 70.2 Å². The van der Waals surface area contributed by atoms with Crippen LogP contribution in [0.5, 0.6) is 0 Å². The molecule has 0 radical (unpaired) electrons. The van der Waals surface area contributed by atoms with Crippen molar-refractivity contribution in [1.29, 1.82) is 0 Å². The van der Waals surface area contributed by atoms with Gasteiger partial charge in [-0.25, -0.2) is 0 Å². The summed E-state index contributed by atoms with van der Waals surface area (Å²) in [4.78, 5) is 30.7. The van der Waals surface area contributed by atoms with Crippen LogP contribution in [0.4, 0.5) is 11.4 Å². The Morgan fingerprint density at radius 1 is 0.833 bits per heavy atom. The van der Waals surface area contributed by atoms with Crippen LogP contribution in [-0.2, 0) is 6.42 Å². The highest BCUT2D eigenvalue weighted by molar-refractivity contribution is 6.17. The van der Waals surface area contributed by atoms with Gasteiger partial charge in [-0.05, 0) is 103 Å². The fourth-order valence-corrected chi connectivity index (χ4v) is 7.51. The van der Waals surface area contributed by atoms with Crippen molar-refractivity contribution in [3.8, 4) is 11.1 Å². The number of hydrogen-bond acceptors (Lipinski definition) is 5. The van der Waals surface area contributed by atoms with Crippen LogP contribution in [0, 0.1) is 13.8 Å². The first-order valence-electron chi connectivity index (χ1n) is 15.2. The lowest BCUT2D eigenvalue weighted by Crippen LogP contribution is -2.50. The maximum Gasteiger partial charge on any atom is 0.258 e. The molecule has 0 N–H and O–H groups in total. The van der Waals surface area contributed by atoms with E-state index in [4.69, 9.17) is 4.98 Å². The van der Waals surface area contributed by atoms with Crippen molar-refractivity contribution in [2.75, 3.05) is 42.5 Å². The Labute approximate surface area is 246 Å². The first-order valence-corrected chi connectivity index (χ1v) is 15.2. The third-order valence-electron chi connectivity index (χ3n) is 9.67. The van der Waals surface area contributed by atoms with Gasteiger partial charge >= 0.3 is 0 Å². The van der Waals surface area contributed by atoms with E-state index in [1.807, 2.05) is 36.4 Å². The Balaban J connectivity index is 1.19. The third kappa shape index (κ3) is 4.08. The number of anilines is 2. The summed E-state index contributed by atoms with van der Waals surface area (Å²) >= 11 is 0. The Kier molecular flexibility index (Phi) is 6.00. The van der Waals surface area contributed by atoms with Gasteiger partial charge < -0.3 is 9.80 Å². The molecule has 2 aromatic heterocycles. The van der Waals surface area contributed by atoms with Gasteiger partial charge in [-0.3, -0.25) is 19.7 Å². The molecule has 2 fully saturated rings. The van der Waals surface area contributed by atoms with Crippen LogP contribution in [0.2, 0.25) is 0 Å². The van der Waals surface area contributed by atoms with Crippen molar-refractivity contribution in [3.63, 3.8) is 0 Å². The normalized spacial score (nSPS) is 18.6. The van der Waals surface area contributed by atoms with Gasteiger partial charge in [-0.1, -0.05) is 30.3 Å². The second-order valence-corrected chi connectivity index (χ2v) is 12.2. The largest absolute Gasteiger partial charge is 0.368 e. The molecule has 0 spiro atoms. The Hall–Kier alpha value is -4.29. The van der Waals surface area contributed by atoms with Crippen LogP contribution >= 0.6 is 0 Å². The van der Waals surface area contributed by atoms with E-state index < -0.39 is 0 Å². The van der Waals surface area contributed by atoms with Gasteiger partial charge in [0.25, 0.3) is 5.91 Å². The minimum absolute atomic E-state index is 0.0588. The Morgan fingerprint density at radius 2 is 1.71 bits per heavy atom. The highest BCUT2D eigenvalue weighted by Gasteiger charge is 2.32. The standard InChI is InChI=1S/C36H35N5O/c1-23-21-38-24(2)18-31(23)29-9-3-8-28-27(29)7-4-10-30(28)36(42)41-15-12-25-19-33-32(20-35(25)41)34(11-13-37-33)40-17-16-39-14-5-6-26(39)22-40/h3-4,7-11,13,18-21,26H,5-6,12,14-17,22H2,1-2H3/t26-/m0/s1. The first kappa shape index (κ1) is 25.4. The third-order valence-corrected chi connectivity index (χ3v) is 9.67. The molecule has 0 aliphatic carbocycles. The molecule has 0 unspecified atom stereocenters. The minimum atomic E-state index is 0.0588. The number of carbonyl (C=O) groups excluding carboxylic acids is 1. The van der Waals surface area contributed by atoms with Gasteiger partial charge in [0.05, 0.1) is 5.52 Å². The van der Waals surface area contributed by atoms with E-state index in [9.17, 15) is 4.79 Å². The number of hydrogen-bond donors (Lipinski definition) is 0. The monoisotopic (exact) mass is 553 g/mol. The van der Waals surface area contributed by atoms with Crippen LogP contribution < -0.4 is 9.80 Å². The van der Waals surface area contributed by atoms with Crippen molar-refractivity contribution < 1.29 is 4.79 Å². The number of aryl methyl sites for hydroxylation is 2. The SMILES string of the molecule is Cc1cc(-c2cccc3c(C(=O)N4CCc5cc6nccc(N7CCN8CCC[C@H]8C7)c6cc54)cccc23)c(C)cn1. The molecule has 3 aromatic carbocycles. The summed E-state index contributed by atoms with van der Waals surface area (Å²) in [6.45, 7) is 9.24. The number of benzene rings is 3. The zero-order valence-electron chi connectivity index (χ0n) is 24.3. The molecule has 210 valence electrons. The van der Waals surface area contributed by atoms with Crippen molar-refractivity contribution in [1.82, 2.24) is 14.9 Å². The van der Waals surface area contributed by atoms with E-state index >= 15 is 0 Å². The summed E-state index contributed by atoms with van der Waals surface area (Å²) in [5.74, 6) is 0.0588. The van der Waals surface area contributed by atoms with Crippen molar-refractivity contribution in [2.24, 2.45) is 0 Å². The quantitative estimate of drug-likeness (QED) is 0.254. The molecule has 0 saturated carbocycles. The molecule has 6 heteroatoms. The van der Waals surface area contributed by atoms with E-state index in [0.717, 1.165) is 81.4 Å². The molecule has 0 bridgehead atoms. The average Bonchev–Trinajstić information content (AvgIpc) is 3.66. The van der Waals surface area contributed by atoms with Crippen LogP contribution in [0.15, 0.2) is 73.1 Å². The molecule has 1 atom stereocenters. The predicted molar refractivity (Wildman–Crippen MR) is 171 cm³/mol. The summed E-state index contributed by atoms with van der Waals surface area (Å²) in [5, 5.41) is 3.22. The zero-order valence-corrected chi connectivity index (χ0v) is 24.3. The fraction of sp³-hybridized carbons (Fsp3) is 0.306. The fourth-order valence-electron chi connectivity index (χ4n) is 7.51. The maximum absolute atomic E-state index is 14.3. The van der Waals surface area contributed by atoms with Gasteiger partial charge in [0, 0.05) is 72.6 Å². The molecular formula is C36H35N5O. The highest BCUT2D eigenvalue weighted by Crippen LogP contribution is 2.39. The summed E-state index contributed by atoms with van der Waals surface area (Å²) in [6.07, 6.45) is 7.31. The molecule has 42 heavy (non-hydrogen) atoms. The topological polar surface area (TPSA) is 52.6 Å². The van der Waals surface area contributed by atoms with Crippen LogP contribution in [0.3, 0.4) is 0 Å². The molecule has 6 nitrogen and oxygen atoms in total. The lowest BCUT2D eigenvalue weighted by atomic mass is 9.93. The van der Waals surface area contributed by atoms with Crippen molar-refractivity contribution in [3.05, 3.63) is 95.4 Å². The lowest BCUT2D eigenvalue weighted by Gasteiger charge is -2.39. The molecule has 1 amide bonds. The number of amides is 1. The second-order valence-electron chi connectivity index (χ2n) is 12.2.